The highest BCUT2D eigenvalue weighted by Gasteiger charge is 2.23. The molecule has 2 rings (SSSR count). The van der Waals surface area contributed by atoms with Crippen LogP contribution in [0.3, 0.4) is 0 Å². The minimum Gasteiger partial charge on any atom is -0.431 e. The molecular weight excluding hydrogens is 398 g/mol. The minimum atomic E-state index is -0.0220. The van der Waals surface area contributed by atoms with Crippen molar-refractivity contribution in [1.82, 2.24) is 9.88 Å². The standard InChI is InChI=1S/C19H26BrN3OS/c1-8-23(7)11-21-14-9-13(3)15(10-12(14)2)24-18-22-16(17(20)25-18)19(4,5)6/h9-11H,8H2,1-7H3. The quantitative estimate of drug-likeness (QED) is 0.422. The van der Waals surface area contributed by atoms with Crippen LogP contribution in [0.15, 0.2) is 20.9 Å². The van der Waals surface area contributed by atoms with E-state index in [9.17, 15) is 0 Å². The van der Waals surface area contributed by atoms with Gasteiger partial charge in [-0.3, -0.25) is 0 Å². The normalized spacial score (nSPS) is 12.0. The van der Waals surface area contributed by atoms with Gasteiger partial charge >= 0.3 is 0 Å². The maximum absolute atomic E-state index is 6.06. The van der Waals surface area contributed by atoms with Crippen molar-refractivity contribution in [3.05, 3.63) is 32.7 Å². The molecule has 0 spiro atoms. The van der Waals surface area contributed by atoms with Crippen LogP contribution >= 0.6 is 27.3 Å². The molecule has 0 unspecified atom stereocenters. The van der Waals surface area contributed by atoms with Gasteiger partial charge in [-0.1, -0.05) is 32.1 Å². The number of benzene rings is 1. The van der Waals surface area contributed by atoms with Gasteiger partial charge in [-0.15, -0.1) is 0 Å². The van der Waals surface area contributed by atoms with E-state index in [2.05, 4.69) is 59.7 Å². The molecule has 0 saturated heterocycles. The van der Waals surface area contributed by atoms with Gasteiger partial charge in [0.2, 0.25) is 0 Å². The molecule has 0 fully saturated rings. The topological polar surface area (TPSA) is 37.7 Å². The van der Waals surface area contributed by atoms with Crippen LogP contribution in [0.4, 0.5) is 5.69 Å². The summed E-state index contributed by atoms with van der Waals surface area (Å²) in [6.07, 6.45) is 1.86. The summed E-state index contributed by atoms with van der Waals surface area (Å²) in [6, 6.07) is 4.08. The summed E-state index contributed by atoms with van der Waals surface area (Å²) in [4.78, 5) is 11.3. The number of ether oxygens (including phenoxy) is 1. The summed E-state index contributed by atoms with van der Waals surface area (Å²) in [5.74, 6) is 0.821. The average Bonchev–Trinajstić information content (AvgIpc) is 2.89. The molecule has 0 radical (unpaired) electrons. The number of hydrogen-bond donors (Lipinski definition) is 0. The highest BCUT2D eigenvalue weighted by atomic mass is 79.9. The van der Waals surface area contributed by atoms with Gasteiger partial charge in [-0.25, -0.2) is 9.98 Å². The van der Waals surface area contributed by atoms with Crippen LogP contribution in [0.25, 0.3) is 0 Å². The van der Waals surface area contributed by atoms with Crippen molar-refractivity contribution in [2.45, 2.75) is 47.0 Å². The average molecular weight is 424 g/mol. The van der Waals surface area contributed by atoms with E-state index in [4.69, 9.17) is 4.74 Å². The van der Waals surface area contributed by atoms with Gasteiger partial charge < -0.3 is 9.64 Å². The van der Waals surface area contributed by atoms with Crippen molar-refractivity contribution in [3.8, 4) is 10.9 Å². The lowest BCUT2D eigenvalue weighted by Crippen LogP contribution is -2.14. The Hall–Kier alpha value is -1.40. The molecule has 0 saturated carbocycles. The number of thiazole rings is 1. The van der Waals surface area contributed by atoms with Gasteiger partial charge in [-0.2, -0.15) is 0 Å². The predicted molar refractivity (Wildman–Crippen MR) is 111 cm³/mol. The molecular formula is C19H26BrN3OS. The van der Waals surface area contributed by atoms with E-state index in [1.165, 1.54) is 11.3 Å². The first-order valence-electron chi connectivity index (χ1n) is 8.32. The van der Waals surface area contributed by atoms with Crippen molar-refractivity contribution in [3.63, 3.8) is 0 Å². The van der Waals surface area contributed by atoms with Crippen molar-refractivity contribution < 1.29 is 4.74 Å². The summed E-state index contributed by atoms with van der Waals surface area (Å²) < 4.78 is 7.08. The van der Waals surface area contributed by atoms with Crippen molar-refractivity contribution in [1.29, 1.82) is 0 Å². The Morgan fingerprint density at radius 2 is 1.96 bits per heavy atom. The molecule has 136 valence electrons. The van der Waals surface area contributed by atoms with Gasteiger partial charge in [-0.05, 0) is 60.0 Å². The molecule has 6 heteroatoms. The minimum absolute atomic E-state index is 0.0220. The van der Waals surface area contributed by atoms with Crippen LogP contribution in [-0.4, -0.2) is 29.8 Å². The fourth-order valence-corrected chi connectivity index (χ4v) is 4.12. The molecule has 25 heavy (non-hydrogen) atoms. The zero-order valence-electron chi connectivity index (χ0n) is 16.0. The van der Waals surface area contributed by atoms with E-state index < -0.39 is 0 Å². The Balaban J connectivity index is 2.27. The van der Waals surface area contributed by atoms with E-state index >= 15 is 0 Å². The number of halogens is 1. The molecule has 1 aromatic carbocycles. The van der Waals surface area contributed by atoms with E-state index in [0.29, 0.717) is 5.19 Å². The van der Waals surface area contributed by atoms with Crippen LogP contribution in [0.1, 0.15) is 44.5 Å². The zero-order valence-corrected chi connectivity index (χ0v) is 18.4. The van der Waals surface area contributed by atoms with Gasteiger partial charge in [0.05, 0.1) is 21.5 Å². The molecule has 0 N–H and O–H groups in total. The number of hydrogen-bond acceptors (Lipinski definition) is 4. The summed E-state index contributed by atoms with van der Waals surface area (Å²) >= 11 is 5.12. The van der Waals surface area contributed by atoms with Gasteiger partial charge in [0.15, 0.2) is 0 Å². The predicted octanol–water partition coefficient (Wildman–Crippen LogP) is 6.22. The molecule has 0 amide bonds. The largest absolute Gasteiger partial charge is 0.431 e. The maximum Gasteiger partial charge on any atom is 0.280 e. The molecule has 4 nitrogen and oxygen atoms in total. The fourth-order valence-electron chi connectivity index (χ4n) is 2.15. The lowest BCUT2D eigenvalue weighted by Gasteiger charge is -2.15. The third-order valence-corrected chi connectivity index (χ3v) is 5.44. The molecule has 2 aromatic rings. The fraction of sp³-hybridized carbons (Fsp3) is 0.474. The summed E-state index contributed by atoms with van der Waals surface area (Å²) in [5.41, 5.74) is 4.08. The third kappa shape index (κ3) is 5.05. The highest BCUT2D eigenvalue weighted by Crippen LogP contribution is 2.40. The van der Waals surface area contributed by atoms with Crippen molar-refractivity contribution in [2.24, 2.45) is 4.99 Å². The van der Waals surface area contributed by atoms with Gasteiger partial charge in [0, 0.05) is 19.0 Å². The van der Waals surface area contributed by atoms with Gasteiger partial charge in [0.1, 0.15) is 5.75 Å². The zero-order chi connectivity index (χ0) is 18.8. The van der Waals surface area contributed by atoms with Crippen LogP contribution in [-0.2, 0) is 5.41 Å². The molecule has 0 bridgehead atoms. The molecule has 1 heterocycles. The summed E-state index contributed by atoms with van der Waals surface area (Å²) in [6.45, 7) is 13.5. The highest BCUT2D eigenvalue weighted by molar-refractivity contribution is 9.11. The number of aromatic nitrogens is 1. The molecule has 0 aliphatic carbocycles. The number of aliphatic imine (C=N–C) groups is 1. The maximum atomic E-state index is 6.06. The second-order valence-corrected chi connectivity index (χ2v) is 9.46. The van der Waals surface area contributed by atoms with E-state index in [1.807, 2.05) is 38.2 Å². The Labute approximate surface area is 163 Å². The molecule has 1 aromatic heterocycles. The lowest BCUT2D eigenvalue weighted by molar-refractivity contribution is 0.466. The second-order valence-electron chi connectivity index (χ2n) is 7.18. The Kier molecular flexibility index (Phi) is 6.27. The first-order valence-corrected chi connectivity index (χ1v) is 9.93. The van der Waals surface area contributed by atoms with Crippen LogP contribution < -0.4 is 4.74 Å². The van der Waals surface area contributed by atoms with Crippen LogP contribution in [0.5, 0.6) is 10.9 Å². The smallest absolute Gasteiger partial charge is 0.280 e. The first-order chi connectivity index (χ1) is 11.6. The Morgan fingerprint density at radius 1 is 1.28 bits per heavy atom. The second kappa shape index (κ2) is 7.87. The third-order valence-electron chi connectivity index (χ3n) is 3.86. The number of rotatable bonds is 5. The summed E-state index contributed by atoms with van der Waals surface area (Å²) in [5, 5.41) is 0.654. The Bertz CT molecular complexity index is 778. The molecule has 0 atom stereocenters. The number of nitrogens with zero attached hydrogens (tertiary/aromatic N) is 3. The van der Waals surface area contributed by atoms with Crippen LogP contribution in [0, 0.1) is 13.8 Å². The number of aryl methyl sites for hydroxylation is 2. The Morgan fingerprint density at radius 3 is 2.52 bits per heavy atom. The van der Waals surface area contributed by atoms with Crippen molar-refractivity contribution >= 4 is 39.3 Å². The van der Waals surface area contributed by atoms with Crippen LogP contribution in [0.2, 0.25) is 0 Å². The van der Waals surface area contributed by atoms with E-state index in [1.54, 1.807) is 0 Å². The molecule has 0 aliphatic heterocycles. The lowest BCUT2D eigenvalue weighted by atomic mass is 9.93. The summed E-state index contributed by atoms with van der Waals surface area (Å²) in [7, 11) is 2.01. The van der Waals surface area contributed by atoms with E-state index in [-0.39, 0.29) is 5.41 Å². The van der Waals surface area contributed by atoms with E-state index in [0.717, 1.165) is 38.6 Å². The molecule has 0 aliphatic rings. The van der Waals surface area contributed by atoms with Gasteiger partial charge in [0.25, 0.3) is 5.19 Å². The van der Waals surface area contributed by atoms with Crippen molar-refractivity contribution in [2.75, 3.05) is 13.6 Å². The monoisotopic (exact) mass is 423 g/mol. The SMILES string of the molecule is CCN(C)C=Nc1cc(C)c(Oc2nc(C(C)(C)C)c(Br)s2)cc1C. The first kappa shape index (κ1) is 19.9.